The van der Waals surface area contributed by atoms with Gasteiger partial charge < -0.3 is 9.67 Å². The molecule has 142 valence electrons. The first-order valence-corrected chi connectivity index (χ1v) is 10.0. The first kappa shape index (κ1) is 19.2. The van der Waals surface area contributed by atoms with Crippen LogP contribution in [0.2, 0.25) is 0 Å². The zero-order chi connectivity index (χ0) is 18.9. The molecule has 3 rings (SSSR count). The van der Waals surface area contributed by atoms with E-state index in [1.807, 2.05) is 18.2 Å². The third-order valence-electron chi connectivity index (χ3n) is 4.92. The van der Waals surface area contributed by atoms with Crippen LogP contribution in [0.25, 0.3) is 11.4 Å². The molecule has 0 spiro atoms. The Labute approximate surface area is 161 Å². The van der Waals surface area contributed by atoms with Crippen molar-refractivity contribution < 1.29 is 5.11 Å². The number of aryl methyl sites for hydroxylation is 2. The minimum absolute atomic E-state index is 0.269. The fraction of sp³-hybridized carbons (Fsp3) is 0.391. The molecular formula is C23H29N3O. The van der Waals surface area contributed by atoms with E-state index < -0.39 is 0 Å². The van der Waals surface area contributed by atoms with Gasteiger partial charge in [-0.3, -0.25) is 0 Å². The third-order valence-corrected chi connectivity index (χ3v) is 4.92. The minimum atomic E-state index is 0.269. The van der Waals surface area contributed by atoms with Crippen LogP contribution in [0.1, 0.15) is 50.4 Å². The minimum Gasteiger partial charge on any atom is -0.508 e. The van der Waals surface area contributed by atoms with Crippen molar-refractivity contribution >= 4 is 0 Å². The highest BCUT2D eigenvalue weighted by Crippen LogP contribution is 2.22. The zero-order valence-electron chi connectivity index (χ0n) is 16.1. The van der Waals surface area contributed by atoms with Crippen molar-refractivity contribution in [3.8, 4) is 17.1 Å². The molecule has 0 unspecified atom stereocenters. The molecule has 4 heteroatoms. The number of unbranched alkanes of at least 4 members (excludes halogenated alkanes) is 4. The van der Waals surface area contributed by atoms with Gasteiger partial charge in [0.1, 0.15) is 11.6 Å². The van der Waals surface area contributed by atoms with Crippen LogP contribution < -0.4 is 0 Å². The maximum atomic E-state index is 9.57. The number of aromatic hydroxyl groups is 1. The molecule has 1 heterocycles. The van der Waals surface area contributed by atoms with Gasteiger partial charge in [0.05, 0.1) is 0 Å². The predicted molar refractivity (Wildman–Crippen MR) is 110 cm³/mol. The Morgan fingerprint density at radius 2 is 1.56 bits per heavy atom. The molecule has 3 aromatic rings. The summed E-state index contributed by atoms with van der Waals surface area (Å²) < 4.78 is 2.25. The molecule has 1 aromatic heterocycles. The fourth-order valence-corrected chi connectivity index (χ4v) is 3.35. The molecule has 0 saturated carbocycles. The van der Waals surface area contributed by atoms with Gasteiger partial charge in [0, 0.05) is 18.5 Å². The SMILES string of the molecule is CCCCCCCc1nnc(-c2ccc(O)cc2)n1CCc1ccccc1. The molecule has 0 aliphatic rings. The van der Waals surface area contributed by atoms with Gasteiger partial charge >= 0.3 is 0 Å². The number of aromatic nitrogens is 3. The summed E-state index contributed by atoms with van der Waals surface area (Å²) in [5.41, 5.74) is 2.31. The summed E-state index contributed by atoms with van der Waals surface area (Å²) in [4.78, 5) is 0. The van der Waals surface area contributed by atoms with Crippen LogP contribution in [0.4, 0.5) is 0 Å². The number of benzene rings is 2. The van der Waals surface area contributed by atoms with Gasteiger partial charge in [-0.25, -0.2) is 0 Å². The average molecular weight is 364 g/mol. The highest BCUT2D eigenvalue weighted by Gasteiger charge is 2.14. The molecule has 2 aromatic carbocycles. The number of phenols is 1. The Balaban J connectivity index is 1.76. The molecule has 27 heavy (non-hydrogen) atoms. The molecule has 0 aliphatic carbocycles. The standard InChI is InChI=1S/C23H29N3O/c1-2-3-4-5-9-12-22-24-25-23(20-13-15-21(27)16-14-20)26(22)18-17-19-10-7-6-8-11-19/h6-8,10-11,13-16,27H,2-5,9,12,17-18H2,1H3. The topological polar surface area (TPSA) is 50.9 Å². The van der Waals surface area contributed by atoms with Crippen LogP contribution in [0.5, 0.6) is 5.75 Å². The molecule has 0 atom stereocenters. The Hall–Kier alpha value is -2.62. The van der Waals surface area contributed by atoms with Crippen LogP contribution in [0.3, 0.4) is 0 Å². The Bertz CT molecular complexity index is 809. The molecular weight excluding hydrogens is 334 g/mol. The molecule has 0 radical (unpaired) electrons. The van der Waals surface area contributed by atoms with E-state index in [-0.39, 0.29) is 5.75 Å². The van der Waals surface area contributed by atoms with Gasteiger partial charge in [0.25, 0.3) is 0 Å². The summed E-state index contributed by atoms with van der Waals surface area (Å²) >= 11 is 0. The first-order valence-electron chi connectivity index (χ1n) is 10.0. The molecule has 0 saturated heterocycles. The number of hydrogen-bond donors (Lipinski definition) is 1. The van der Waals surface area contributed by atoms with Gasteiger partial charge in [-0.15, -0.1) is 10.2 Å². The van der Waals surface area contributed by atoms with Crippen LogP contribution >= 0.6 is 0 Å². The Morgan fingerprint density at radius 3 is 2.30 bits per heavy atom. The second-order valence-electron chi connectivity index (χ2n) is 7.04. The highest BCUT2D eigenvalue weighted by molar-refractivity contribution is 5.56. The van der Waals surface area contributed by atoms with Crippen molar-refractivity contribution in [3.63, 3.8) is 0 Å². The number of hydrogen-bond acceptors (Lipinski definition) is 3. The predicted octanol–water partition coefficient (Wildman–Crippen LogP) is 5.41. The van der Waals surface area contributed by atoms with E-state index in [9.17, 15) is 5.11 Å². The lowest BCUT2D eigenvalue weighted by Crippen LogP contribution is -2.08. The van der Waals surface area contributed by atoms with Crippen molar-refractivity contribution in [2.24, 2.45) is 0 Å². The zero-order valence-corrected chi connectivity index (χ0v) is 16.1. The van der Waals surface area contributed by atoms with Crippen LogP contribution in [0.15, 0.2) is 54.6 Å². The second kappa shape index (κ2) is 9.91. The van der Waals surface area contributed by atoms with E-state index in [2.05, 4.69) is 46.0 Å². The van der Waals surface area contributed by atoms with Crippen molar-refractivity contribution in [3.05, 3.63) is 66.0 Å². The normalized spacial score (nSPS) is 11.0. The molecule has 0 aliphatic heterocycles. The summed E-state index contributed by atoms with van der Waals surface area (Å²) in [5, 5.41) is 18.5. The molecule has 0 bridgehead atoms. The lowest BCUT2D eigenvalue weighted by molar-refractivity contribution is 0.475. The highest BCUT2D eigenvalue weighted by atomic mass is 16.3. The summed E-state index contributed by atoms with van der Waals surface area (Å²) in [5.74, 6) is 2.21. The van der Waals surface area contributed by atoms with Crippen LogP contribution in [-0.4, -0.2) is 19.9 Å². The largest absolute Gasteiger partial charge is 0.508 e. The van der Waals surface area contributed by atoms with Crippen molar-refractivity contribution in [2.45, 2.75) is 58.4 Å². The Morgan fingerprint density at radius 1 is 0.815 bits per heavy atom. The van der Waals surface area contributed by atoms with E-state index in [0.29, 0.717) is 0 Å². The van der Waals surface area contributed by atoms with Crippen molar-refractivity contribution in [1.29, 1.82) is 0 Å². The summed E-state index contributed by atoms with van der Waals surface area (Å²) in [6.45, 7) is 3.10. The quantitative estimate of drug-likeness (QED) is 0.490. The molecule has 0 amide bonds. The molecule has 4 nitrogen and oxygen atoms in total. The smallest absolute Gasteiger partial charge is 0.163 e. The third kappa shape index (κ3) is 5.43. The summed E-state index contributed by atoms with van der Waals surface area (Å²) in [7, 11) is 0. The first-order chi connectivity index (χ1) is 13.3. The van der Waals surface area contributed by atoms with Crippen LogP contribution in [-0.2, 0) is 19.4 Å². The van der Waals surface area contributed by atoms with E-state index in [1.165, 1.54) is 31.2 Å². The van der Waals surface area contributed by atoms with Gasteiger partial charge in [0.2, 0.25) is 0 Å². The van der Waals surface area contributed by atoms with E-state index in [4.69, 9.17) is 0 Å². The number of phenolic OH excluding ortho intramolecular Hbond substituents is 1. The monoisotopic (exact) mass is 363 g/mol. The molecule has 1 N–H and O–H groups in total. The average Bonchev–Trinajstić information content (AvgIpc) is 3.10. The number of nitrogens with zero attached hydrogens (tertiary/aromatic N) is 3. The van der Waals surface area contributed by atoms with Gasteiger partial charge in [-0.05, 0) is 42.7 Å². The van der Waals surface area contributed by atoms with Crippen LogP contribution in [0, 0.1) is 0 Å². The lowest BCUT2D eigenvalue weighted by Gasteiger charge is -2.11. The van der Waals surface area contributed by atoms with E-state index >= 15 is 0 Å². The number of rotatable bonds is 10. The van der Waals surface area contributed by atoms with E-state index in [0.717, 1.165) is 43.0 Å². The van der Waals surface area contributed by atoms with Gasteiger partial charge in [-0.1, -0.05) is 62.9 Å². The second-order valence-corrected chi connectivity index (χ2v) is 7.04. The maximum Gasteiger partial charge on any atom is 0.163 e. The summed E-state index contributed by atoms with van der Waals surface area (Å²) in [6, 6.07) is 17.8. The summed E-state index contributed by atoms with van der Waals surface area (Å²) in [6.07, 6.45) is 8.17. The van der Waals surface area contributed by atoms with Crippen molar-refractivity contribution in [2.75, 3.05) is 0 Å². The van der Waals surface area contributed by atoms with Gasteiger partial charge in [0.15, 0.2) is 5.82 Å². The lowest BCUT2D eigenvalue weighted by atomic mass is 10.1. The van der Waals surface area contributed by atoms with E-state index in [1.54, 1.807) is 12.1 Å². The fourth-order valence-electron chi connectivity index (χ4n) is 3.35. The van der Waals surface area contributed by atoms with Crippen molar-refractivity contribution in [1.82, 2.24) is 14.8 Å². The maximum absolute atomic E-state index is 9.57. The Kier molecular flexibility index (Phi) is 7.03. The van der Waals surface area contributed by atoms with Gasteiger partial charge in [-0.2, -0.15) is 0 Å². The molecule has 0 fully saturated rings.